The predicted octanol–water partition coefficient (Wildman–Crippen LogP) is 2.36. The average molecular weight is 286 g/mol. The SMILES string of the molecule is C[C@@H]1CN(C)CC[C@@H]1N(C)C(=O)Nc1cccc(C#N)c1. The molecule has 5 heteroatoms. The Kier molecular flexibility index (Phi) is 4.81. The molecule has 1 aromatic rings. The molecular formula is C16H22N4O. The molecule has 0 bridgehead atoms. The summed E-state index contributed by atoms with van der Waals surface area (Å²) >= 11 is 0. The third kappa shape index (κ3) is 3.73. The molecule has 0 saturated carbocycles. The molecule has 5 nitrogen and oxygen atoms in total. The summed E-state index contributed by atoms with van der Waals surface area (Å²) < 4.78 is 0. The van der Waals surface area contributed by atoms with E-state index in [9.17, 15) is 4.79 Å². The number of anilines is 1. The predicted molar refractivity (Wildman–Crippen MR) is 83.0 cm³/mol. The smallest absolute Gasteiger partial charge is 0.321 e. The van der Waals surface area contributed by atoms with Gasteiger partial charge >= 0.3 is 6.03 Å². The van der Waals surface area contributed by atoms with Gasteiger partial charge in [0.25, 0.3) is 0 Å². The fourth-order valence-corrected chi connectivity index (χ4v) is 2.95. The molecule has 1 aliphatic heterocycles. The highest BCUT2D eigenvalue weighted by Gasteiger charge is 2.29. The molecule has 1 N–H and O–H groups in total. The molecule has 0 unspecified atom stereocenters. The number of hydrogen-bond acceptors (Lipinski definition) is 3. The molecule has 0 aromatic heterocycles. The molecule has 1 heterocycles. The second kappa shape index (κ2) is 6.59. The van der Waals surface area contributed by atoms with Crippen LogP contribution in [0.2, 0.25) is 0 Å². The minimum atomic E-state index is -0.119. The summed E-state index contributed by atoms with van der Waals surface area (Å²) in [6, 6.07) is 9.18. The maximum atomic E-state index is 12.4. The summed E-state index contributed by atoms with van der Waals surface area (Å²) in [5, 5.41) is 11.8. The number of carbonyl (C=O) groups excluding carboxylic acids is 1. The van der Waals surface area contributed by atoms with Gasteiger partial charge in [-0.25, -0.2) is 4.79 Å². The maximum absolute atomic E-state index is 12.4. The lowest BCUT2D eigenvalue weighted by Crippen LogP contribution is -2.50. The summed E-state index contributed by atoms with van der Waals surface area (Å²) in [7, 11) is 3.95. The fraction of sp³-hybridized carbons (Fsp3) is 0.500. The second-order valence-electron chi connectivity index (χ2n) is 5.83. The lowest BCUT2D eigenvalue weighted by molar-refractivity contribution is 0.113. The second-order valence-corrected chi connectivity index (χ2v) is 5.83. The van der Waals surface area contributed by atoms with Crippen LogP contribution in [0.1, 0.15) is 18.9 Å². The Labute approximate surface area is 126 Å². The first-order valence-electron chi connectivity index (χ1n) is 7.23. The van der Waals surface area contributed by atoms with Crippen molar-refractivity contribution in [2.24, 2.45) is 5.92 Å². The number of rotatable bonds is 2. The highest BCUT2D eigenvalue weighted by Crippen LogP contribution is 2.21. The first-order valence-corrected chi connectivity index (χ1v) is 7.23. The minimum absolute atomic E-state index is 0.119. The quantitative estimate of drug-likeness (QED) is 0.908. The first-order chi connectivity index (χ1) is 10.0. The molecule has 112 valence electrons. The number of urea groups is 1. The van der Waals surface area contributed by atoms with Crippen LogP contribution in [0.5, 0.6) is 0 Å². The number of benzene rings is 1. The normalized spacial score (nSPS) is 22.4. The number of nitriles is 1. The van der Waals surface area contributed by atoms with Gasteiger partial charge in [-0.05, 0) is 44.1 Å². The van der Waals surface area contributed by atoms with Crippen molar-refractivity contribution in [3.05, 3.63) is 29.8 Å². The Bertz CT molecular complexity index is 551. The van der Waals surface area contributed by atoms with Crippen molar-refractivity contribution in [2.45, 2.75) is 19.4 Å². The highest BCUT2D eigenvalue weighted by atomic mass is 16.2. The molecule has 0 aliphatic carbocycles. The van der Waals surface area contributed by atoms with Gasteiger partial charge in [0.2, 0.25) is 0 Å². The van der Waals surface area contributed by atoms with Crippen LogP contribution in [0.3, 0.4) is 0 Å². The van der Waals surface area contributed by atoms with Gasteiger partial charge in [-0.3, -0.25) is 0 Å². The van der Waals surface area contributed by atoms with E-state index in [0.29, 0.717) is 17.2 Å². The zero-order valence-electron chi connectivity index (χ0n) is 12.8. The van der Waals surface area contributed by atoms with E-state index in [1.165, 1.54) is 0 Å². The third-order valence-corrected chi connectivity index (χ3v) is 4.12. The molecule has 2 rings (SSSR count). The number of nitrogens with one attached hydrogen (secondary N) is 1. The molecular weight excluding hydrogens is 264 g/mol. The largest absolute Gasteiger partial charge is 0.324 e. The summed E-state index contributed by atoms with van der Waals surface area (Å²) in [5.74, 6) is 0.449. The van der Waals surface area contributed by atoms with Gasteiger partial charge in [-0.15, -0.1) is 0 Å². The number of hydrogen-bond donors (Lipinski definition) is 1. The molecule has 1 fully saturated rings. The summed E-state index contributed by atoms with van der Waals surface area (Å²) in [5.41, 5.74) is 1.20. The number of amides is 2. The summed E-state index contributed by atoms with van der Waals surface area (Å²) in [6.07, 6.45) is 0.986. The van der Waals surface area contributed by atoms with Gasteiger partial charge in [0.05, 0.1) is 11.6 Å². The Hall–Kier alpha value is -2.06. The van der Waals surface area contributed by atoms with E-state index in [0.717, 1.165) is 19.5 Å². The van der Waals surface area contributed by atoms with Crippen LogP contribution in [0.15, 0.2) is 24.3 Å². The maximum Gasteiger partial charge on any atom is 0.321 e. The number of likely N-dealkylation sites (tertiary alicyclic amines) is 1. The minimum Gasteiger partial charge on any atom is -0.324 e. The Morgan fingerprint density at radius 2 is 2.29 bits per heavy atom. The zero-order chi connectivity index (χ0) is 15.4. The van der Waals surface area contributed by atoms with E-state index in [4.69, 9.17) is 5.26 Å². The Morgan fingerprint density at radius 1 is 1.52 bits per heavy atom. The van der Waals surface area contributed by atoms with Crippen LogP contribution in [0.4, 0.5) is 10.5 Å². The van der Waals surface area contributed by atoms with Crippen molar-refractivity contribution in [2.75, 3.05) is 32.5 Å². The van der Waals surface area contributed by atoms with Crippen LogP contribution < -0.4 is 5.32 Å². The van der Waals surface area contributed by atoms with Crippen LogP contribution in [-0.4, -0.2) is 49.1 Å². The molecule has 0 radical (unpaired) electrons. The van der Waals surface area contributed by atoms with Crippen LogP contribution in [0.25, 0.3) is 0 Å². The van der Waals surface area contributed by atoms with E-state index in [2.05, 4.69) is 30.3 Å². The number of piperidine rings is 1. The van der Waals surface area contributed by atoms with Crippen molar-refractivity contribution >= 4 is 11.7 Å². The zero-order valence-corrected chi connectivity index (χ0v) is 12.8. The van der Waals surface area contributed by atoms with Gasteiger partial charge < -0.3 is 15.1 Å². The van der Waals surface area contributed by atoms with Gasteiger partial charge in [-0.2, -0.15) is 5.26 Å². The standard InChI is InChI=1S/C16H22N4O/c1-12-11-19(2)8-7-15(12)20(3)16(21)18-14-6-4-5-13(9-14)10-17/h4-6,9,12,15H,7-8,11H2,1-3H3,(H,18,21)/t12-,15+/m1/s1. The van der Waals surface area contributed by atoms with Crippen molar-refractivity contribution in [3.63, 3.8) is 0 Å². The molecule has 1 aliphatic rings. The highest BCUT2D eigenvalue weighted by molar-refractivity contribution is 5.89. The summed E-state index contributed by atoms with van der Waals surface area (Å²) in [4.78, 5) is 16.4. The molecule has 1 aromatic carbocycles. The Balaban J connectivity index is 2.01. The van der Waals surface area contributed by atoms with E-state index in [1.807, 2.05) is 7.05 Å². The van der Waals surface area contributed by atoms with Gasteiger partial charge in [0, 0.05) is 25.3 Å². The third-order valence-electron chi connectivity index (χ3n) is 4.12. The average Bonchev–Trinajstić information content (AvgIpc) is 2.46. The van der Waals surface area contributed by atoms with E-state index < -0.39 is 0 Å². The van der Waals surface area contributed by atoms with Gasteiger partial charge in [0.15, 0.2) is 0 Å². The topological polar surface area (TPSA) is 59.4 Å². The van der Waals surface area contributed by atoms with Crippen molar-refractivity contribution in [1.29, 1.82) is 5.26 Å². The van der Waals surface area contributed by atoms with E-state index >= 15 is 0 Å². The van der Waals surface area contributed by atoms with Gasteiger partial charge in [-0.1, -0.05) is 13.0 Å². The molecule has 0 spiro atoms. The van der Waals surface area contributed by atoms with Crippen LogP contribution >= 0.6 is 0 Å². The monoisotopic (exact) mass is 286 g/mol. The lowest BCUT2D eigenvalue weighted by Gasteiger charge is -2.39. The van der Waals surface area contributed by atoms with Crippen LogP contribution in [-0.2, 0) is 0 Å². The molecule has 2 atom stereocenters. The lowest BCUT2D eigenvalue weighted by atomic mass is 9.93. The van der Waals surface area contributed by atoms with Crippen LogP contribution in [0, 0.1) is 17.2 Å². The van der Waals surface area contributed by atoms with E-state index in [-0.39, 0.29) is 12.1 Å². The number of nitrogens with zero attached hydrogens (tertiary/aromatic N) is 3. The van der Waals surface area contributed by atoms with Gasteiger partial charge in [0.1, 0.15) is 0 Å². The van der Waals surface area contributed by atoms with Crippen molar-refractivity contribution in [1.82, 2.24) is 9.80 Å². The fourth-order valence-electron chi connectivity index (χ4n) is 2.95. The Morgan fingerprint density at radius 3 is 2.95 bits per heavy atom. The molecule has 2 amide bonds. The van der Waals surface area contributed by atoms with E-state index in [1.54, 1.807) is 29.2 Å². The van der Waals surface area contributed by atoms with Crippen molar-refractivity contribution < 1.29 is 4.79 Å². The number of carbonyl (C=O) groups is 1. The molecule has 21 heavy (non-hydrogen) atoms. The summed E-state index contributed by atoms with van der Waals surface area (Å²) in [6.45, 7) is 4.20. The molecule has 1 saturated heterocycles. The first kappa shape index (κ1) is 15.3. The van der Waals surface area contributed by atoms with Crippen molar-refractivity contribution in [3.8, 4) is 6.07 Å².